The third-order valence-corrected chi connectivity index (χ3v) is 3.38. The Morgan fingerprint density at radius 1 is 1.40 bits per heavy atom. The molecule has 0 radical (unpaired) electrons. The average molecular weight is 347 g/mol. The van der Waals surface area contributed by atoms with Crippen LogP contribution in [0.2, 0.25) is 0 Å². The molecule has 112 valence electrons. The number of nitrogen functional groups attached to an aromatic ring is 1. The number of hydrogen-bond acceptors (Lipinski definition) is 3. The summed E-state index contributed by atoms with van der Waals surface area (Å²) < 4.78 is 19.0. The van der Waals surface area contributed by atoms with Crippen LogP contribution < -0.4 is 11.1 Å². The molecule has 0 saturated carbocycles. The minimum Gasteiger partial charge on any atom is -0.396 e. The average Bonchev–Trinajstić information content (AvgIpc) is 2.41. The first kappa shape index (κ1) is 16.9. The fraction of sp³-hybridized carbons (Fsp3) is 0.500. The molecule has 1 aromatic rings. The van der Waals surface area contributed by atoms with Crippen molar-refractivity contribution < 1.29 is 13.9 Å². The molecule has 20 heavy (non-hydrogen) atoms. The van der Waals surface area contributed by atoms with Crippen molar-refractivity contribution in [3.63, 3.8) is 0 Å². The molecular weight excluding hydrogens is 327 g/mol. The van der Waals surface area contributed by atoms with Crippen molar-refractivity contribution >= 4 is 27.5 Å². The topological polar surface area (TPSA) is 64.3 Å². The molecular formula is C14H20BrFN2O2. The molecule has 0 spiro atoms. The van der Waals surface area contributed by atoms with Gasteiger partial charge in [-0.15, -0.1) is 0 Å². The van der Waals surface area contributed by atoms with Gasteiger partial charge < -0.3 is 15.8 Å². The summed E-state index contributed by atoms with van der Waals surface area (Å²) in [7, 11) is 0. The number of rotatable bonds is 8. The van der Waals surface area contributed by atoms with Crippen molar-refractivity contribution in [1.82, 2.24) is 5.32 Å². The Kier molecular flexibility index (Phi) is 7.54. The molecule has 4 nitrogen and oxygen atoms in total. The van der Waals surface area contributed by atoms with E-state index < -0.39 is 5.82 Å². The number of benzene rings is 1. The number of hydrogen-bond donors (Lipinski definition) is 2. The molecule has 0 heterocycles. The summed E-state index contributed by atoms with van der Waals surface area (Å²) in [6, 6.07) is 2.52. The predicted octanol–water partition coefficient (Wildman–Crippen LogP) is 3.11. The third kappa shape index (κ3) is 5.46. The summed E-state index contributed by atoms with van der Waals surface area (Å²) in [6.45, 7) is 3.99. The first-order valence-corrected chi connectivity index (χ1v) is 7.46. The molecule has 0 unspecified atom stereocenters. The molecule has 3 N–H and O–H groups in total. The van der Waals surface area contributed by atoms with E-state index in [-0.39, 0.29) is 11.6 Å². The summed E-state index contributed by atoms with van der Waals surface area (Å²) in [6.07, 6.45) is 2.90. The summed E-state index contributed by atoms with van der Waals surface area (Å²) >= 11 is 3.15. The fourth-order valence-electron chi connectivity index (χ4n) is 1.56. The van der Waals surface area contributed by atoms with Gasteiger partial charge in [0.25, 0.3) is 5.91 Å². The summed E-state index contributed by atoms with van der Waals surface area (Å²) in [5, 5.41) is 2.75. The van der Waals surface area contributed by atoms with E-state index in [1.807, 2.05) is 0 Å². The van der Waals surface area contributed by atoms with Gasteiger partial charge in [-0.25, -0.2) is 4.39 Å². The zero-order valence-electron chi connectivity index (χ0n) is 11.5. The van der Waals surface area contributed by atoms with Gasteiger partial charge in [0.1, 0.15) is 5.82 Å². The van der Waals surface area contributed by atoms with E-state index in [9.17, 15) is 9.18 Å². The lowest BCUT2D eigenvalue weighted by atomic mass is 10.2. The molecule has 0 bridgehead atoms. The van der Waals surface area contributed by atoms with Gasteiger partial charge in [-0.1, -0.05) is 13.3 Å². The van der Waals surface area contributed by atoms with Crippen molar-refractivity contribution in [1.29, 1.82) is 0 Å². The van der Waals surface area contributed by atoms with Gasteiger partial charge in [-0.05, 0) is 40.9 Å². The molecule has 0 fully saturated rings. The Balaban J connectivity index is 2.34. The normalized spacial score (nSPS) is 10.6. The van der Waals surface area contributed by atoms with Crippen LogP contribution in [0.4, 0.5) is 10.1 Å². The Hall–Kier alpha value is -1.14. The maximum atomic E-state index is 13.2. The molecule has 0 aromatic heterocycles. The van der Waals surface area contributed by atoms with Gasteiger partial charge in [-0.3, -0.25) is 4.79 Å². The van der Waals surface area contributed by atoms with Gasteiger partial charge in [0.15, 0.2) is 0 Å². The van der Waals surface area contributed by atoms with Crippen LogP contribution in [0.15, 0.2) is 16.6 Å². The van der Waals surface area contributed by atoms with Crippen molar-refractivity contribution in [2.24, 2.45) is 0 Å². The lowest BCUT2D eigenvalue weighted by Gasteiger charge is -2.08. The summed E-state index contributed by atoms with van der Waals surface area (Å²) in [5.41, 5.74) is 5.74. The zero-order valence-corrected chi connectivity index (χ0v) is 13.1. The van der Waals surface area contributed by atoms with Gasteiger partial charge >= 0.3 is 0 Å². The monoisotopic (exact) mass is 346 g/mol. The summed E-state index contributed by atoms with van der Waals surface area (Å²) in [5.74, 6) is -0.824. The Labute approximate surface area is 127 Å². The second kappa shape index (κ2) is 8.92. The summed E-state index contributed by atoms with van der Waals surface area (Å²) in [4.78, 5) is 11.9. The standard InChI is InChI=1S/C14H20BrFN2O2/c1-2-3-6-20-7-4-5-18-14(19)10-8-13(17)12(16)9-11(10)15/h8-9H,2-7,17H2,1H3,(H,18,19). The molecule has 0 aliphatic heterocycles. The highest BCUT2D eigenvalue weighted by Crippen LogP contribution is 2.22. The van der Waals surface area contributed by atoms with Crippen LogP contribution in [0.1, 0.15) is 36.5 Å². The van der Waals surface area contributed by atoms with Crippen LogP contribution in [0.5, 0.6) is 0 Å². The third-order valence-electron chi connectivity index (χ3n) is 2.72. The predicted molar refractivity (Wildman–Crippen MR) is 81.2 cm³/mol. The molecule has 0 saturated heterocycles. The number of halogens is 2. The van der Waals surface area contributed by atoms with Crippen molar-refractivity contribution in [3.05, 3.63) is 28.0 Å². The van der Waals surface area contributed by atoms with Gasteiger partial charge in [0.05, 0.1) is 11.3 Å². The van der Waals surface area contributed by atoms with Crippen LogP contribution in [0.3, 0.4) is 0 Å². The highest BCUT2D eigenvalue weighted by molar-refractivity contribution is 9.10. The van der Waals surface area contributed by atoms with Crippen LogP contribution in [0.25, 0.3) is 0 Å². The van der Waals surface area contributed by atoms with Crippen LogP contribution in [-0.2, 0) is 4.74 Å². The first-order valence-electron chi connectivity index (χ1n) is 6.66. The first-order chi connectivity index (χ1) is 9.56. The second-order valence-electron chi connectivity index (χ2n) is 4.43. The van der Waals surface area contributed by atoms with Gasteiger partial charge in [-0.2, -0.15) is 0 Å². The molecule has 1 aromatic carbocycles. The highest BCUT2D eigenvalue weighted by Gasteiger charge is 2.12. The molecule has 0 atom stereocenters. The van der Waals surface area contributed by atoms with Gasteiger partial charge in [0.2, 0.25) is 0 Å². The maximum absolute atomic E-state index is 13.2. The van der Waals surface area contributed by atoms with Crippen molar-refractivity contribution in [2.45, 2.75) is 26.2 Å². The molecule has 1 amide bonds. The largest absolute Gasteiger partial charge is 0.396 e. The lowest BCUT2D eigenvalue weighted by Crippen LogP contribution is -2.26. The fourth-order valence-corrected chi connectivity index (χ4v) is 2.06. The second-order valence-corrected chi connectivity index (χ2v) is 5.28. The van der Waals surface area contributed by atoms with E-state index in [0.29, 0.717) is 23.2 Å². The molecule has 1 rings (SSSR count). The van der Waals surface area contributed by atoms with Gasteiger partial charge in [0, 0.05) is 24.2 Å². The Morgan fingerprint density at radius 2 is 2.10 bits per heavy atom. The number of unbranched alkanes of at least 4 members (excludes halogenated alkanes) is 1. The smallest absolute Gasteiger partial charge is 0.252 e. The SMILES string of the molecule is CCCCOCCCNC(=O)c1cc(N)c(F)cc1Br. The Morgan fingerprint density at radius 3 is 2.80 bits per heavy atom. The number of carbonyl (C=O) groups excluding carboxylic acids is 1. The quantitative estimate of drug-likeness (QED) is 0.561. The van der Waals surface area contributed by atoms with Crippen molar-refractivity contribution in [3.8, 4) is 0 Å². The van der Waals surface area contributed by atoms with Crippen LogP contribution in [-0.4, -0.2) is 25.7 Å². The number of amides is 1. The van der Waals surface area contributed by atoms with E-state index in [1.54, 1.807) is 0 Å². The van der Waals surface area contributed by atoms with Crippen LogP contribution >= 0.6 is 15.9 Å². The van der Waals surface area contributed by atoms with E-state index in [4.69, 9.17) is 10.5 Å². The molecule has 6 heteroatoms. The number of anilines is 1. The number of nitrogens with one attached hydrogen (secondary N) is 1. The minimum atomic E-state index is -0.544. The van der Waals surface area contributed by atoms with Crippen LogP contribution in [0, 0.1) is 5.82 Å². The molecule has 0 aliphatic carbocycles. The van der Waals surface area contributed by atoms with E-state index in [2.05, 4.69) is 28.2 Å². The van der Waals surface area contributed by atoms with Crippen molar-refractivity contribution in [2.75, 3.05) is 25.5 Å². The Bertz CT molecular complexity index is 455. The number of nitrogens with two attached hydrogens (primary N) is 1. The lowest BCUT2D eigenvalue weighted by molar-refractivity contribution is 0.0939. The maximum Gasteiger partial charge on any atom is 0.252 e. The minimum absolute atomic E-state index is 0.0405. The van der Waals surface area contributed by atoms with E-state index >= 15 is 0 Å². The van der Waals surface area contributed by atoms with E-state index in [1.165, 1.54) is 12.1 Å². The van der Waals surface area contributed by atoms with E-state index in [0.717, 1.165) is 25.9 Å². The zero-order chi connectivity index (χ0) is 15.0. The highest BCUT2D eigenvalue weighted by atomic mass is 79.9. The number of ether oxygens (including phenoxy) is 1. The molecule has 0 aliphatic rings. The number of carbonyl (C=O) groups is 1.